The Morgan fingerprint density at radius 3 is 2.36 bits per heavy atom. The van der Waals surface area contributed by atoms with Gasteiger partial charge in [0.2, 0.25) is 0 Å². The summed E-state index contributed by atoms with van der Waals surface area (Å²) in [5, 5.41) is 8.03. The third-order valence-electron chi connectivity index (χ3n) is 5.20. The third kappa shape index (κ3) is 4.02. The molecular formula is C25H19ClN6O. The van der Waals surface area contributed by atoms with Crippen LogP contribution in [0.3, 0.4) is 0 Å². The van der Waals surface area contributed by atoms with Crippen molar-refractivity contribution in [2.45, 2.75) is 6.92 Å². The number of carbonyl (C=O) groups is 1. The summed E-state index contributed by atoms with van der Waals surface area (Å²) < 4.78 is 1.44. The Balaban J connectivity index is 1.65. The van der Waals surface area contributed by atoms with Crippen LogP contribution < -0.4 is 11.1 Å². The lowest BCUT2D eigenvalue weighted by atomic mass is 10.2. The highest BCUT2D eigenvalue weighted by Crippen LogP contribution is 2.28. The highest BCUT2D eigenvalue weighted by Gasteiger charge is 2.24. The number of hydrogen-bond acceptors (Lipinski definition) is 5. The van der Waals surface area contributed by atoms with E-state index in [1.165, 1.54) is 4.68 Å². The van der Waals surface area contributed by atoms with Crippen molar-refractivity contribution in [2.24, 2.45) is 5.10 Å². The minimum absolute atomic E-state index is 0.148. The lowest BCUT2D eigenvalue weighted by Gasteiger charge is -2.06. The first kappa shape index (κ1) is 20.7. The molecule has 2 heterocycles. The summed E-state index contributed by atoms with van der Waals surface area (Å²) in [6.07, 6.45) is 1.63. The van der Waals surface area contributed by atoms with Crippen LogP contribution in [0.5, 0.6) is 0 Å². The number of fused-ring (bicyclic) bond motifs is 2. The van der Waals surface area contributed by atoms with E-state index in [1.807, 2.05) is 67.6 Å². The molecule has 0 radical (unpaired) electrons. The van der Waals surface area contributed by atoms with E-state index in [2.05, 4.69) is 15.4 Å². The van der Waals surface area contributed by atoms with Gasteiger partial charge >= 0.3 is 0 Å². The van der Waals surface area contributed by atoms with Crippen molar-refractivity contribution >= 4 is 57.4 Å². The Morgan fingerprint density at radius 2 is 1.67 bits per heavy atom. The standard InChI is InChI=1S/C25H19ClN6O/c1-15-6-12-18(13-7-15)29-25(33)21-22-24(31-20-5-3-2-4-19(20)30-22)32(23(21)27)28-14-16-8-10-17(26)11-9-16/h2-14H,27H2,1H3,(H,29,33)/b28-14+. The highest BCUT2D eigenvalue weighted by atomic mass is 35.5. The van der Waals surface area contributed by atoms with Gasteiger partial charge in [0.1, 0.15) is 16.9 Å². The van der Waals surface area contributed by atoms with E-state index in [4.69, 9.17) is 22.3 Å². The number of carbonyl (C=O) groups excluding carboxylic acids is 1. The molecule has 1 amide bonds. The number of nitrogens with zero attached hydrogens (tertiary/aromatic N) is 4. The number of nitrogen functional groups attached to an aromatic ring is 1. The van der Waals surface area contributed by atoms with Crippen molar-refractivity contribution in [3.8, 4) is 0 Å². The molecule has 0 aliphatic carbocycles. The second kappa shape index (κ2) is 8.37. The maximum atomic E-state index is 13.3. The first-order chi connectivity index (χ1) is 16.0. The van der Waals surface area contributed by atoms with Crippen LogP contribution in [0.1, 0.15) is 21.5 Å². The predicted octanol–water partition coefficient (Wildman–Crippen LogP) is 5.26. The monoisotopic (exact) mass is 454 g/mol. The summed E-state index contributed by atoms with van der Waals surface area (Å²) in [6, 6.07) is 22.2. The normalized spacial score (nSPS) is 11.5. The molecule has 8 heteroatoms. The van der Waals surface area contributed by atoms with E-state index in [1.54, 1.807) is 18.3 Å². The highest BCUT2D eigenvalue weighted by molar-refractivity contribution is 6.30. The molecule has 0 bridgehead atoms. The Hall–Kier alpha value is -4.23. The fraction of sp³-hybridized carbons (Fsp3) is 0.0400. The van der Waals surface area contributed by atoms with E-state index in [0.29, 0.717) is 32.9 Å². The molecular weight excluding hydrogens is 436 g/mol. The number of anilines is 2. The van der Waals surface area contributed by atoms with Crippen molar-refractivity contribution in [3.05, 3.63) is 94.5 Å². The van der Waals surface area contributed by atoms with Gasteiger partial charge in [-0.3, -0.25) is 4.79 Å². The smallest absolute Gasteiger partial charge is 0.261 e. The summed E-state index contributed by atoms with van der Waals surface area (Å²) in [5.41, 5.74) is 11.3. The zero-order valence-corrected chi connectivity index (χ0v) is 18.4. The van der Waals surface area contributed by atoms with Crippen molar-refractivity contribution in [1.82, 2.24) is 14.6 Å². The molecule has 0 aliphatic heterocycles. The molecule has 3 N–H and O–H groups in total. The average molecular weight is 455 g/mol. The molecule has 5 aromatic rings. The maximum absolute atomic E-state index is 13.3. The second-order valence-corrected chi connectivity index (χ2v) is 8.01. The number of aromatic nitrogens is 3. The van der Waals surface area contributed by atoms with Crippen LogP contribution >= 0.6 is 11.6 Å². The molecule has 5 rings (SSSR count). The van der Waals surface area contributed by atoms with E-state index in [-0.39, 0.29) is 17.3 Å². The number of amides is 1. The molecule has 0 unspecified atom stereocenters. The molecule has 0 fully saturated rings. The van der Waals surface area contributed by atoms with Gasteiger partial charge in [-0.05, 0) is 48.9 Å². The Morgan fingerprint density at radius 1 is 1.00 bits per heavy atom. The van der Waals surface area contributed by atoms with Gasteiger partial charge < -0.3 is 11.1 Å². The van der Waals surface area contributed by atoms with Crippen molar-refractivity contribution in [2.75, 3.05) is 11.1 Å². The van der Waals surface area contributed by atoms with Gasteiger partial charge in [-0.15, -0.1) is 0 Å². The molecule has 0 atom stereocenters. The summed E-state index contributed by atoms with van der Waals surface area (Å²) in [4.78, 5) is 22.6. The van der Waals surface area contributed by atoms with Crippen molar-refractivity contribution in [3.63, 3.8) is 0 Å². The fourth-order valence-corrected chi connectivity index (χ4v) is 3.62. The number of nitrogens with two attached hydrogens (primary N) is 1. The first-order valence-corrected chi connectivity index (χ1v) is 10.6. The van der Waals surface area contributed by atoms with Crippen molar-refractivity contribution in [1.29, 1.82) is 0 Å². The Kier molecular flexibility index (Phi) is 5.24. The number of para-hydroxylation sites is 2. The number of aryl methyl sites for hydroxylation is 1. The maximum Gasteiger partial charge on any atom is 0.261 e. The van der Waals surface area contributed by atoms with E-state index < -0.39 is 0 Å². The number of rotatable bonds is 4. The van der Waals surface area contributed by atoms with Gasteiger partial charge in [0, 0.05) is 10.7 Å². The number of nitrogens with one attached hydrogen (secondary N) is 1. The van der Waals surface area contributed by atoms with Gasteiger partial charge in [-0.25, -0.2) is 9.97 Å². The zero-order valence-electron chi connectivity index (χ0n) is 17.7. The predicted molar refractivity (Wildman–Crippen MR) is 133 cm³/mol. The molecule has 3 aromatic carbocycles. The Labute approximate surface area is 194 Å². The second-order valence-electron chi connectivity index (χ2n) is 7.57. The van der Waals surface area contributed by atoms with Gasteiger partial charge in [-0.2, -0.15) is 9.78 Å². The minimum Gasteiger partial charge on any atom is -0.383 e. The first-order valence-electron chi connectivity index (χ1n) is 10.2. The zero-order chi connectivity index (χ0) is 22.9. The van der Waals surface area contributed by atoms with Crippen LogP contribution in [-0.2, 0) is 0 Å². The van der Waals surface area contributed by atoms with Crippen LogP contribution in [0, 0.1) is 6.92 Å². The summed E-state index contributed by atoms with van der Waals surface area (Å²) in [5.74, 6) is -0.235. The van der Waals surface area contributed by atoms with Gasteiger partial charge in [0.25, 0.3) is 5.91 Å². The summed E-state index contributed by atoms with van der Waals surface area (Å²) in [7, 11) is 0. The largest absolute Gasteiger partial charge is 0.383 e. The number of hydrogen-bond donors (Lipinski definition) is 2. The molecule has 162 valence electrons. The van der Waals surface area contributed by atoms with Crippen molar-refractivity contribution < 1.29 is 4.79 Å². The van der Waals surface area contributed by atoms with E-state index in [0.717, 1.165) is 11.1 Å². The summed E-state index contributed by atoms with van der Waals surface area (Å²) in [6.45, 7) is 1.98. The lowest BCUT2D eigenvalue weighted by Crippen LogP contribution is -2.14. The molecule has 0 saturated carbocycles. The average Bonchev–Trinajstić information content (AvgIpc) is 3.09. The van der Waals surface area contributed by atoms with Crippen LogP contribution in [0.25, 0.3) is 22.2 Å². The van der Waals surface area contributed by atoms with Crippen LogP contribution in [0.15, 0.2) is 77.9 Å². The number of benzene rings is 3. The molecule has 0 saturated heterocycles. The molecule has 7 nitrogen and oxygen atoms in total. The molecule has 0 spiro atoms. The summed E-state index contributed by atoms with van der Waals surface area (Å²) >= 11 is 5.97. The van der Waals surface area contributed by atoms with Crippen LogP contribution in [0.4, 0.5) is 11.5 Å². The van der Waals surface area contributed by atoms with Crippen LogP contribution in [0.2, 0.25) is 5.02 Å². The quantitative estimate of drug-likeness (QED) is 0.362. The molecule has 33 heavy (non-hydrogen) atoms. The Bertz CT molecular complexity index is 1520. The van der Waals surface area contributed by atoms with Gasteiger partial charge in [-0.1, -0.05) is 53.6 Å². The number of halogens is 1. The van der Waals surface area contributed by atoms with Gasteiger partial charge in [0.05, 0.1) is 17.2 Å². The van der Waals surface area contributed by atoms with Gasteiger partial charge in [0.15, 0.2) is 5.65 Å². The SMILES string of the molecule is Cc1ccc(NC(=O)c2c(N)n(/N=C/c3ccc(Cl)cc3)c3nc4ccccc4nc23)cc1. The fourth-order valence-electron chi connectivity index (χ4n) is 3.49. The van der Waals surface area contributed by atoms with E-state index in [9.17, 15) is 4.79 Å². The molecule has 0 aliphatic rings. The minimum atomic E-state index is -0.383. The third-order valence-corrected chi connectivity index (χ3v) is 5.45. The van der Waals surface area contributed by atoms with E-state index >= 15 is 0 Å². The molecule has 2 aromatic heterocycles. The van der Waals surface area contributed by atoms with Crippen LogP contribution in [-0.4, -0.2) is 26.8 Å². The topological polar surface area (TPSA) is 98.2 Å². The lowest BCUT2D eigenvalue weighted by molar-refractivity contribution is 0.102.